The Hall–Kier alpha value is -2.08. The van der Waals surface area contributed by atoms with Crippen LogP contribution in [-0.4, -0.2) is 0 Å². The molecule has 0 aliphatic heterocycles. The van der Waals surface area contributed by atoms with E-state index in [0.29, 0.717) is 0 Å². The van der Waals surface area contributed by atoms with Crippen LogP contribution in [0.2, 0.25) is 0 Å². The standard InChI is InChI=1S/2C8H8.C2H6/c2*1-2-8-6-4-3-5-7-8;1-2/h2*2-7H,1H2;1-2H3. The van der Waals surface area contributed by atoms with Gasteiger partial charge in [0.1, 0.15) is 0 Å². The van der Waals surface area contributed by atoms with Gasteiger partial charge in [0.2, 0.25) is 0 Å². The molecule has 0 saturated carbocycles. The molecule has 0 heterocycles. The van der Waals surface area contributed by atoms with Crippen LogP contribution < -0.4 is 0 Å². The molecule has 0 aliphatic carbocycles. The normalized spacial score (nSPS) is 7.89. The van der Waals surface area contributed by atoms with Crippen LogP contribution in [0.4, 0.5) is 0 Å². The van der Waals surface area contributed by atoms with Crippen molar-refractivity contribution in [1.82, 2.24) is 0 Å². The zero-order valence-electron chi connectivity index (χ0n) is 11.3. The fraction of sp³-hybridized carbons (Fsp3) is 0.111. The van der Waals surface area contributed by atoms with E-state index in [1.54, 1.807) is 0 Å². The van der Waals surface area contributed by atoms with Crippen molar-refractivity contribution < 1.29 is 0 Å². The lowest BCUT2D eigenvalue weighted by Crippen LogP contribution is -1.63. The topological polar surface area (TPSA) is 0 Å². The number of rotatable bonds is 2. The summed E-state index contributed by atoms with van der Waals surface area (Å²) in [6.45, 7) is 11.3. The van der Waals surface area contributed by atoms with Crippen LogP contribution in [0.15, 0.2) is 73.8 Å². The average Bonchev–Trinajstić information content (AvgIpc) is 2.51. The van der Waals surface area contributed by atoms with Crippen LogP contribution in [0.25, 0.3) is 12.2 Å². The summed E-state index contributed by atoms with van der Waals surface area (Å²) < 4.78 is 0. The first-order valence-corrected chi connectivity index (χ1v) is 6.22. The molecule has 0 heteroatoms. The number of hydrogen-bond donors (Lipinski definition) is 0. The Morgan fingerprint density at radius 1 is 0.611 bits per heavy atom. The third kappa shape index (κ3) is 7.24. The lowest BCUT2D eigenvalue weighted by Gasteiger charge is -1.85. The molecule has 0 N–H and O–H groups in total. The van der Waals surface area contributed by atoms with Crippen LogP contribution in [0.1, 0.15) is 25.0 Å². The summed E-state index contributed by atoms with van der Waals surface area (Å²) in [6.07, 6.45) is 3.67. The molecule has 2 rings (SSSR count). The molecule has 0 bridgehead atoms. The van der Waals surface area contributed by atoms with E-state index in [1.807, 2.05) is 86.7 Å². The van der Waals surface area contributed by atoms with E-state index in [0.717, 1.165) is 0 Å². The summed E-state index contributed by atoms with van der Waals surface area (Å²) in [6, 6.07) is 20.1. The SMILES string of the molecule is C=Cc1ccccc1.C=Cc1ccccc1.CC. The zero-order valence-corrected chi connectivity index (χ0v) is 11.3. The summed E-state index contributed by atoms with van der Waals surface area (Å²) in [5.74, 6) is 0. The van der Waals surface area contributed by atoms with E-state index in [-0.39, 0.29) is 0 Å². The average molecular weight is 238 g/mol. The van der Waals surface area contributed by atoms with Crippen molar-refractivity contribution in [1.29, 1.82) is 0 Å². The minimum atomic E-state index is 1.17. The smallest absolute Gasteiger partial charge is 0.0263 e. The van der Waals surface area contributed by atoms with Crippen LogP contribution in [0.5, 0.6) is 0 Å². The van der Waals surface area contributed by atoms with Gasteiger partial charge in [0.25, 0.3) is 0 Å². The molecule has 2 aromatic rings. The third-order valence-electron chi connectivity index (χ3n) is 2.07. The highest BCUT2D eigenvalue weighted by atomic mass is 13.8. The van der Waals surface area contributed by atoms with E-state index in [4.69, 9.17) is 0 Å². The van der Waals surface area contributed by atoms with E-state index < -0.39 is 0 Å². The van der Waals surface area contributed by atoms with Crippen molar-refractivity contribution in [2.45, 2.75) is 13.8 Å². The Labute approximate surface area is 111 Å². The molecule has 0 spiro atoms. The summed E-state index contributed by atoms with van der Waals surface area (Å²) in [4.78, 5) is 0. The maximum absolute atomic E-state index is 3.63. The highest BCUT2D eigenvalue weighted by molar-refractivity contribution is 5.46. The van der Waals surface area contributed by atoms with Crippen molar-refractivity contribution in [2.24, 2.45) is 0 Å². The molecule has 0 aliphatic rings. The van der Waals surface area contributed by atoms with E-state index in [2.05, 4.69) is 13.2 Å². The van der Waals surface area contributed by atoms with Crippen LogP contribution in [0.3, 0.4) is 0 Å². The molecular formula is C18H22. The van der Waals surface area contributed by atoms with E-state index in [9.17, 15) is 0 Å². The Balaban J connectivity index is 0.000000283. The van der Waals surface area contributed by atoms with Crippen molar-refractivity contribution >= 4 is 12.2 Å². The Kier molecular flexibility index (Phi) is 10.1. The van der Waals surface area contributed by atoms with Gasteiger partial charge < -0.3 is 0 Å². The largest absolute Gasteiger partial charge is 0.0985 e. The first-order valence-electron chi connectivity index (χ1n) is 6.22. The van der Waals surface area contributed by atoms with E-state index in [1.165, 1.54) is 11.1 Å². The Morgan fingerprint density at radius 2 is 0.889 bits per heavy atom. The van der Waals surface area contributed by atoms with Gasteiger partial charge in [0.15, 0.2) is 0 Å². The quantitative estimate of drug-likeness (QED) is 0.631. The van der Waals surface area contributed by atoms with Crippen molar-refractivity contribution in [2.75, 3.05) is 0 Å². The minimum Gasteiger partial charge on any atom is -0.0985 e. The lowest BCUT2D eigenvalue weighted by atomic mass is 10.2. The van der Waals surface area contributed by atoms with Gasteiger partial charge in [0, 0.05) is 0 Å². The predicted molar refractivity (Wildman–Crippen MR) is 84.4 cm³/mol. The Bertz CT molecular complexity index is 369. The third-order valence-corrected chi connectivity index (χ3v) is 2.07. The maximum atomic E-state index is 3.63. The zero-order chi connectivity index (χ0) is 13.6. The van der Waals surface area contributed by atoms with Crippen molar-refractivity contribution in [3.63, 3.8) is 0 Å². The second kappa shape index (κ2) is 11.4. The van der Waals surface area contributed by atoms with Crippen LogP contribution >= 0.6 is 0 Å². The van der Waals surface area contributed by atoms with Gasteiger partial charge in [-0.1, -0.05) is 99.8 Å². The number of benzene rings is 2. The summed E-state index contributed by atoms with van der Waals surface area (Å²) in [5, 5.41) is 0. The molecule has 0 atom stereocenters. The van der Waals surface area contributed by atoms with Crippen molar-refractivity contribution in [3.05, 3.63) is 84.9 Å². The molecule has 0 fully saturated rings. The van der Waals surface area contributed by atoms with Crippen LogP contribution in [-0.2, 0) is 0 Å². The Morgan fingerprint density at radius 3 is 1.06 bits per heavy atom. The minimum absolute atomic E-state index is 1.17. The number of hydrogen-bond acceptors (Lipinski definition) is 0. The molecule has 94 valence electrons. The van der Waals surface area contributed by atoms with Crippen LogP contribution in [0, 0.1) is 0 Å². The van der Waals surface area contributed by atoms with Crippen molar-refractivity contribution in [3.8, 4) is 0 Å². The molecule has 0 amide bonds. The molecule has 0 saturated heterocycles. The molecule has 0 radical (unpaired) electrons. The predicted octanol–water partition coefficient (Wildman–Crippen LogP) is 5.69. The van der Waals surface area contributed by atoms with E-state index >= 15 is 0 Å². The lowest BCUT2D eigenvalue weighted by molar-refractivity contribution is 1.50. The molecular weight excluding hydrogens is 216 g/mol. The monoisotopic (exact) mass is 238 g/mol. The summed E-state index contributed by atoms with van der Waals surface area (Å²) >= 11 is 0. The second-order valence-corrected chi connectivity index (χ2v) is 3.23. The molecule has 0 aromatic heterocycles. The summed E-state index contributed by atoms with van der Waals surface area (Å²) in [5.41, 5.74) is 2.35. The molecule has 0 unspecified atom stereocenters. The highest BCUT2D eigenvalue weighted by Gasteiger charge is 1.76. The first-order chi connectivity index (χ1) is 8.86. The van der Waals surface area contributed by atoms with Gasteiger partial charge in [-0.25, -0.2) is 0 Å². The van der Waals surface area contributed by atoms with Gasteiger partial charge in [-0.3, -0.25) is 0 Å². The fourth-order valence-electron chi connectivity index (χ4n) is 1.18. The van der Waals surface area contributed by atoms with Gasteiger partial charge in [-0.2, -0.15) is 0 Å². The van der Waals surface area contributed by atoms with Gasteiger partial charge in [-0.15, -0.1) is 0 Å². The van der Waals surface area contributed by atoms with Gasteiger partial charge in [0.05, 0.1) is 0 Å². The fourth-order valence-corrected chi connectivity index (χ4v) is 1.18. The van der Waals surface area contributed by atoms with Gasteiger partial charge >= 0.3 is 0 Å². The highest BCUT2D eigenvalue weighted by Crippen LogP contribution is 1.98. The maximum Gasteiger partial charge on any atom is -0.0263 e. The molecule has 2 aromatic carbocycles. The van der Waals surface area contributed by atoms with Gasteiger partial charge in [-0.05, 0) is 11.1 Å². The first kappa shape index (κ1) is 15.9. The molecule has 0 nitrogen and oxygen atoms in total. The summed E-state index contributed by atoms with van der Waals surface area (Å²) in [7, 11) is 0. The molecule has 18 heavy (non-hydrogen) atoms. The second-order valence-electron chi connectivity index (χ2n) is 3.23.